The summed E-state index contributed by atoms with van der Waals surface area (Å²) >= 11 is 0. The lowest BCUT2D eigenvalue weighted by atomic mass is 9.95. The lowest BCUT2D eigenvalue weighted by Gasteiger charge is -2.32. The van der Waals surface area contributed by atoms with E-state index >= 15 is 0 Å². The second-order valence-corrected chi connectivity index (χ2v) is 5.71. The lowest BCUT2D eigenvalue weighted by molar-refractivity contribution is -0.119. The number of piperidine rings is 1. The van der Waals surface area contributed by atoms with E-state index in [1.807, 2.05) is 24.0 Å². The summed E-state index contributed by atoms with van der Waals surface area (Å²) in [5.74, 6) is 0.469. The summed E-state index contributed by atoms with van der Waals surface area (Å²) in [5.41, 5.74) is 8.02. The molecule has 0 radical (unpaired) electrons. The maximum absolute atomic E-state index is 12.6. The molecule has 1 aromatic carbocycles. The van der Waals surface area contributed by atoms with E-state index in [1.54, 1.807) is 6.07 Å². The highest BCUT2D eigenvalue weighted by Gasteiger charge is 2.25. The molecule has 0 atom stereocenters. The zero-order valence-corrected chi connectivity index (χ0v) is 12.7. The number of nitrogens with one attached hydrogen (secondary N) is 1. The van der Waals surface area contributed by atoms with Crippen LogP contribution in [-0.2, 0) is 4.79 Å². The van der Waals surface area contributed by atoms with E-state index in [9.17, 15) is 9.59 Å². The quantitative estimate of drug-likeness (QED) is 0.829. The van der Waals surface area contributed by atoms with Gasteiger partial charge in [-0.25, -0.2) is 0 Å². The van der Waals surface area contributed by atoms with Crippen molar-refractivity contribution < 1.29 is 9.59 Å². The first-order valence-corrected chi connectivity index (χ1v) is 7.38. The molecule has 2 amide bonds. The lowest BCUT2D eigenvalue weighted by Crippen LogP contribution is -2.41. The summed E-state index contributed by atoms with van der Waals surface area (Å²) in [6.07, 6.45) is 1.83. The molecule has 3 N–H and O–H groups in total. The van der Waals surface area contributed by atoms with Crippen LogP contribution in [0.15, 0.2) is 18.2 Å². The molecule has 0 spiro atoms. The normalized spacial score (nSPS) is 15.8. The van der Waals surface area contributed by atoms with Gasteiger partial charge in [-0.05, 0) is 37.3 Å². The number of amides is 2. The second-order valence-electron chi connectivity index (χ2n) is 5.71. The summed E-state index contributed by atoms with van der Waals surface area (Å²) < 4.78 is 0. The molecule has 2 rings (SSSR count). The number of hydrogen-bond acceptors (Lipinski definition) is 3. The van der Waals surface area contributed by atoms with Crippen LogP contribution in [0, 0.1) is 12.8 Å². The van der Waals surface area contributed by atoms with Crippen LogP contribution in [0.25, 0.3) is 0 Å². The molecule has 0 aromatic heterocycles. The highest BCUT2D eigenvalue weighted by Crippen LogP contribution is 2.23. The predicted octanol–water partition coefficient (Wildman–Crippen LogP) is 1.57. The van der Waals surface area contributed by atoms with E-state index in [-0.39, 0.29) is 11.8 Å². The fraction of sp³-hybridized carbons (Fsp3) is 0.500. The molecule has 5 nitrogen and oxygen atoms in total. The summed E-state index contributed by atoms with van der Waals surface area (Å²) in [6.45, 7) is 5.57. The van der Waals surface area contributed by atoms with Crippen molar-refractivity contribution in [2.45, 2.75) is 26.7 Å². The van der Waals surface area contributed by atoms with Gasteiger partial charge in [0.05, 0.1) is 5.56 Å². The van der Waals surface area contributed by atoms with Gasteiger partial charge in [0.15, 0.2) is 0 Å². The minimum Gasteiger partial charge on any atom is -0.398 e. The van der Waals surface area contributed by atoms with E-state index in [2.05, 4.69) is 5.32 Å². The molecule has 0 aliphatic carbocycles. The van der Waals surface area contributed by atoms with Crippen molar-refractivity contribution in [3.8, 4) is 0 Å². The van der Waals surface area contributed by atoms with E-state index in [1.165, 1.54) is 6.92 Å². The van der Waals surface area contributed by atoms with Gasteiger partial charge in [-0.3, -0.25) is 9.59 Å². The molecule has 5 heteroatoms. The number of nitrogen functional groups attached to an aromatic ring is 1. The number of nitrogens with two attached hydrogens (primary N) is 1. The van der Waals surface area contributed by atoms with Crippen LogP contribution in [0.4, 0.5) is 5.69 Å². The molecule has 1 aliphatic rings. The van der Waals surface area contributed by atoms with E-state index in [0.29, 0.717) is 23.7 Å². The second kappa shape index (κ2) is 6.61. The number of anilines is 1. The van der Waals surface area contributed by atoms with Gasteiger partial charge in [0.2, 0.25) is 5.91 Å². The number of hydrogen-bond donors (Lipinski definition) is 2. The SMILES string of the molecule is CC(=O)NCC1CCN(C(=O)c2c(C)cccc2N)CC1. The minimum atomic E-state index is 0.00110. The third-order valence-electron chi connectivity index (χ3n) is 4.06. The smallest absolute Gasteiger partial charge is 0.256 e. The Labute approximate surface area is 125 Å². The summed E-state index contributed by atoms with van der Waals surface area (Å²) in [4.78, 5) is 25.4. The Balaban J connectivity index is 1.96. The van der Waals surface area contributed by atoms with Crippen molar-refractivity contribution in [2.75, 3.05) is 25.4 Å². The van der Waals surface area contributed by atoms with E-state index in [4.69, 9.17) is 5.73 Å². The Kier molecular flexibility index (Phi) is 4.83. The molecule has 1 aliphatic heterocycles. The largest absolute Gasteiger partial charge is 0.398 e. The molecule has 0 saturated carbocycles. The molecule has 114 valence electrons. The number of carbonyl (C=O) groups is 2. The van der Waals surface area contributed by atoms with Gasteiger partial charge >= 0.3 is 0 Å². The van der Waals surface area contributed by atoms with Gasteiger partial charge in [0.25, 0.3) is 5.91 Å². The molecular weight excluding hydrogens is 266 g/mol. The van der Waals surface area contributed by atoms with Gasteiger partial charge in [-0.1, -0.05) is 12.1 Å². The van der Waals surface area contributed by atoms with Crippen LogP contribution in [0.2, 0.25) is 0 Å². The monoisotopic (exact) mass is 289 g/mol. The first-order valence-electron chi connectivity index (χ1n) is 7.38. The van der Waals surface area contributed by atoms with Crippen LogP contribution >= 0.6 is 0 Å². The van der Waals surface area contributed by atoms with Gasteiger partial charge in [0.1, 0.15) is 0 Å². The van der Waals surface area contributed by atoms with Crippen LogP contribution in [-0.4, -0.2) is 36.3 Å². The van der Waals surface area contributed by atoms with Crippen LogP contribution in [0.5, 0.6) is 0 Å². The average molecular weight is 289 g/mol. The molecule has 1 fully saturated rings. The van der Waals surface area contributed by atoms with Gasteiger partial charge < -0.3 is 16.0 Å². The third-order valence-corrected chi connectivity index (χ3v) is 4.06. The maximum atomic E-state index is 12.6. The predicted molar refractivity (Wildman–Crippen MR) is 82.9 cm³/mol. The first-order chi connectivity index (χ1) is 9.99. The first kappa shape index (κ1) is 15.4. The van der Waals surface area contributed by atoms with Crippen molar-refractivity contribution in [3.63, 3.8) is 0 Å². The van der Waals surface area contributed by atoms with Crippen molar-refractivity contribution in [3.05, 3.63) is 29.3 Å². The zero-order valence-electron chi connectivity index (χ0n) is 12.7. The molecule has 0 bridgehead atoms. The molecule has 1 aromatic rings. The van der Waals surface area contributed by atoms with Gasteiger partial charge in [-0.2, -0.15) is 0 Å². The standard InChI is InChI=1S/C16H23N3O2/c1-11-4-3-5-14(17)15(11)16(21)19-8-6-13(7-9-19)10-18-12(2)20/h3-5,13H,6-10,17H2,1-2H3,(H,18,20). The minimum absolute atomic E-state index is 0.00110. The summed E-state index contributed by atoms with van der Waals surface area (Å²) in [5, 5.41) is 2.85. The van der Waals surface area contributed by atoms with Crippen LogP contribution < -0.4 is 11.1 Å². The van der Waals surface area contributed by atoms with Crippen molar-refractivity contribution in [1.82, 2.24) is 10.2 Å². The Morgan fingerprint density at radius 2 is 2.00 bits per heavy atom. The Morgan fingerprint density at radius 3 is 2.57 bits per heavy atom. The van der Waals surface area contributed by atoms with Gasteiger partial charge in [0, 0.05) is 32.2 Å². The van der Waals surface area contributed by atoms with E-state index < -0.39 is 0 Å². The summed E-state index contributed by atoms with van der Waals surface area (Å²) in [7, 11) is 0. The maximum Gasteiger partial charge on any atom is 0.256 e. The van der Waals surface area contributed by atoms with Crippen molar-refractivity contribution in [2.24, 2.45) is 5.92 Å². The molecule has 21 heavy (non-hydrogen) atoms. The fourth-order valence-electron chi connectivity index (χ4n) is 2.77. The number of likely N-dealkylation sites (tertiary alicyclic amines) is 1. The van der Waals surface area contributed by atoms with Crippen LogP contribution in [0.3, 0.4) is 0 Å². The third kappa shape index (κ3) is 3.74. The Hall–Kier alpha value is -2.04. The van der Waals surface area contributed by atoms with Crippen molar-refractivity contribution >= 4 is 17.5 Å². The number of carbonyl (C=O) groups excluding carboxylic acids is 2. The highest BCUT2D eigenvalue weighted by molar-refractivity contribution is 6.00. The highest BCUT2D eigenvalue weighted by atomic mass is 16.2. The number of aryl methyl sites for hydroxylation is 1. The average Bonchev–Trinajstić information content (AvgIpc) is 2.45. The van der Waals surface area contributed by atoms with Crippen molar-refractivity contribution in [1.29, 1.82) is 0 Å². The molecular formula is C16H23N3O2. The summed E-state index contributed by atoms with van der Waals surface area (Å²) in [6, 6.07) is 5.54. The zero-order chi connectivity index (χ0) is 15.4. The number of rotatable bonds is 3. The molecule has 1 heterocycles. The molecule has 0 unspecified atom stereocenters. The van der Waals surface area contributed by atoms with Crippen LogP contribution in [0.1, 0.15) is 35.7 Å². The number of nitrogens with zero attached hydrogens (tertiary/aromatic N) is 1. The molecule has 1 saturated heterocycles. The van der Waals surface area contributed by atoms with E-state index in [0.717, 1.165) is 31.5 Å². The van der Waals surface area contributed by atoms with Gasteiger partial charge in [-0.15, -0.1) is 0 Å². The Bertz CT molecular complexity index is 514. The topological polar surface area (TPSA) is 75.4 Å². The Morgan fingerprint density at radius 1 is 1.33 bits per heavy atom. The fourth-order valence-corrected chi connectivity index (χ4v) is 2.77. The number of benzene rings is 1.